The standard InChI is InChI=1S/C29H32N6O3/c1-18-10-24(37-17-20-13-32-19(2)33-14-20)12-25(11-18)38-23-6-4-22(5-7-23)35-16-26(21-8-9-34(3)15-21)27(30)28(35)29(31)36/h4-7,10-14,16,21H,8-9,15,17,30H2,1-3H3,(H2,31,36)/t21-/m1/s1. The number of primary amides is 1. The van der Waals surface area contributed by atoms with Crippen molar-refractivity contribution in [1.29, 1.82) is 0 Å². The molecule has 0 radical (unpaired) electrons. The minimum Gasteiger partial charge on any atom is -0.489 e. The highest BCUT2D eigenvalue weighted by molar-refractivity contribution is 5.98. The van der Waals surface area contributed by atoms with Gasteiger partial charge in [0.15, 0.2) is 0 Å². The predicted octanol–water partition coefficient (Wildman–Crippen LogP) is 4.36. The third kappa shape index (κ3) is 5.47. The molecule has 1 fully saturated rings. The van der Waals surface area contributed by atoms with Gasteiger partial charge in [-0.05, 0) is 81.4 Å². The number of nitrogens with zero attached hydrogens (tertiary/aromatic N) is 4. The monoisotopic (exact) mass is 512 g/mol. The third-order valence-corrected chi connectivity index (χ3v) is 6.75. The summed E-state index contributed by atoms with van der Waals surface area (Å²) in [5, 5.41) is 0. The van der Waals surface area contributed by atoms with Gasteiger partial charge in [0.05, 0.1) is 5.69 Å². The Balaban J connectivity index is 1.33. The molecule has 0 saturated carbocycles. The fourth-order valence-electron chi connectivity index (χ4n) is 4.84. The van der Waals surface area contributed by atoms with Crippen LogP contribution in [0.4, 0.5) is 5.69 Å². The molecule has 4 N–H and O–H groups in total. The van der Waals surface area contributed by atoms with Gasteiger partial charge in [-0.3, -0.25) is 4.79 Å². The number of anilines is 1. The summed E-state index contributed by atoms with van der Waals surface area (Å²) in [5.41, 5.74) is 16.6. The van der Waals surface area contributed by atoms with Crippen molar-refractivity contribution in [3.05, 3.63) is 89.3 Å². The average molecular weight is 513 g/mol. The first-order valence-electron chi connectivity index (χ1n) is 12.6. The summed E-state index contributed by atoms with van der Waals surface area (Å²) in [6.45, 7) is 6.09. The largest absolute Gasteiger partial charge is 0.489 e. The number of amides is 1. The maximum absolute atomic E-state index is 12.3. The molecule has 0 bridgehead atoms. The number of benzene rings is 2. The number of rotatable bonds is 8. The van der Waals surface area contributed by atoms with Gasteiger partial charge in [-0.25, -0.2) is 9.97 Å². The fourth-order valence-corrected chi connectivity index (χ4v) is 4.84. The molecule has 1 atom stereocenters. The van der Waals surface area contributed by atoms with Crippen molar-refractivity contribution in [2.45, 2.75) is 32.8 Å². The molecular weight excluding hydrogens is 480 g/mol. The van der Waals surface area contributed by atoms with Gasteiger partial charge in [-0.1, -0.05) is 0 Å². The third-order valence-electron chi connectivity index (χ3n) is 6.75. The molecular formula is C29H32N6O3. The lowest BCUT2D eigenvalue weighted by Crippen LogP contribution is -2.17. The van der Waals surface area contributed by atoms with Crippen LogP contribution < -0.4 is 20.9 Å². The zero-order chi connectivity index (χ0) is 26.8. The molecule has 2 aromatic carbocycles. The van der Waals surface area contributed by atoms with Crippen molar-refractivity contribution < 1.29 is 14.3 Å². The van der Waals surface area contributed by atoms with Gasteiger partial charge in [-0.2, -0.15) is 0 Å². The number of ether oxygens (including phenoxy) is 2. The van der Waals surface area contributed by atoms with Crippen molar-refractivity contribution in [1.82, 2.24) is 19.4 Å². The lowest BCUT2D eigenvalue weighted by molar-refractivity contribution is 0.0995. The summed E-state index contributed by atoms with van der Waals surface area (Å²) in [6.07, 6.45) is 6.46. The molecule has 1 amide bonds. The summed E-state index contributed by atoms with van der Waals surface area (Å²) < 4.78 is 13.8. The predicted molar refractivity (Wildman–Crippen MR) is 146 cm³/mol. The van der Waals surface area contributed by atoms with E-state index in [1.165, 1.54) is 0 Å². The molecule has 196 valence electrons. The highest BCUT2D eigenvalue weighted by Gasteiger charge is 2.28. The summed E-state index contributed by atoms with van der Waals surface area (Å²) in [5.74, 6) is 2.44. The number of nitrogens with two attached hydrogens (primary N) is 2. The highest BCUT2D eigenvalue weighted by atomic mass is 16.5. The number of nitrogen functional groups attached to an aromatic ring is 1. The Morgan fingerprint density at radius 2 is 1.76 bits per heavy atom. The van der Waals surface area contributed by atoms with E-state index in [-0.39, 0.29) is 5.92 Å². The van der Waals surface area contributed by atoms with Crippen LogP contribution in [0.3, 0.4) is 0 Å². The van der Waals surface area contributed by atoms with Gasteiger partial charge in [0, 0.05) is 48.4 Å². The van der Waals surface area contributed by atoms with Gasteiger partial charge in [0.2, 0.25) is 0 Å². The normalized spacial score (nSPS) is 15.5. The van der Waals surface area contributed by atoms with Crippen molar-refractivity contribution in [3.8, 4) is 22.9 Å². The second-order valence-corrected chi connectivity index (χ2v) is 9.83. The highest BCUT2D eigenvalue weighted by Crippen LogP contribution is 2.35. The van der Waals surface area contributed by atoms with Gasteiger partial charge in [0.1, 0.15) is 35.4 Å². The van der Waals surface area contributed by atoms with Crippen LogP contribution in [-0.4, -0.2) is 45.5 Å². The lowest BCUT2D eigenvalue weighted by atomic mass is 9.99. The minimum absolute atomic E-state index is 0.276. The molecule has 0 aliphatic carbocycles. The number of hydrogen-bond donors (Lipinski definition) is 2. The number of likely N-dealkylation sites (tertiary alicyclic amines) is 1. The summed E-state index contributed by atoms with van der Waals surface area (Å²) in [6, 6.07) is 13.2. The molecule has 3 heterocycles. The molecule has 1 aliphatic heterocycles. The van der Waals surface area contributed by atoms with Crippen LogP contribution in [0.2, 0.25) is 0 Å². The first kappa shape index (κ1) is 25.3. The average Bonchev–Trinajstić information content (AvgIpc) is 3.46. The number of carbonyl (C=O) groups excluding carboxylic acids is 1. The van der Waals surface area contributed by atoms with Crippen LogP contribution in [0.25, 0.3) is 5.69 Å². The zero-order valence-corrected chi connectivity index (χ0v) is 21.8. The second kappa shape index (κ2) is 10.5. The number of aromatic nitrogens is 3. The molecule has 38 heavy (non-hydrogen) atoms. The Bertz CT molecular complexity index is 1450. The smallest absolute Gasteiger partial charge is 0.267 e. The topological polar surface area (TPSA) is 122 Å². The van der Waals surface area contributed by atoms with Crippen LogP contribution in [0.1, 0.15) is 45.3 Å². The first-order valence-corrected chi connectivity index (χ1v) is 12.6. The summed E-state index contributed by atoms with van der Waals surface area (Å²) in [7, 11) is 2.09. The van der Waals surface area contributed by atoms with E-state index in [2.05, 4.69) is 21.9 Å². The van der Waals surface area contributed by atoms with Crippen LogP contribution in [0, 0.1) is 13.8 Å². The fraction of sp³-hybridized carbons (Fsp3) is 0.276. The SMILES string of the molecule is Cc1cc(OCc2cnc(C)nc2)cc(Oc2ccc(-n3cc([C@@H]4CCN(C)C4)c(N)c3C(N)=O)cc2)c1. The molecule has 2 aromatic heterocycles. The Labute approximate surface area is 222 Å². The summed E-state index contributed by atoms with van der Waals surface area (Å²) >= 11 is 0. The Hall–Kier alpha value is -4.37. The molecule has 1 saturated heterocycles. The maximum Gasteiger partial charge on any atom is 0.267 e. The lowest BCUT2D eigenvalue weighted by Gasteiger charge is -2.12. The number of likely N-dealkylation sites (N-methyl/N-ethyl adjacent to an activating group) is 1. The van der Waals surface area contributed by atoms with E-state index in [1.54, 1.807) is 17.0 Å². The molecule has 5 rings (SSSR count). The van der Waals surface area contributed by atoms with Crippen LogP contribution >= 0.6 is 0 Å². The minimum atomic E-state index is -0.551. The van der Waals surface area contributed by atoms with Crippen LogP contribution in [-0.2, 0) is 6.61 Å². The van der Waals surface area contributed by atoms with Gasteiger partial charge < -0.3 is 30.4 Å². The molecule has 0 unspecified atom stereocenters. The van der Waals surface area contributed by atoms with Crippen LogP contribution in [0.5, 0.6) is 17.2 Å². The van der Waals surface area contributed by atoms with Gasteiger partial charge >= 0.3 is 0 Å². The second-order valence-electron chi connectivity index (χ2n) is 9.83. The van der Waals surface area contributed by atoms with E-state index >= 15 is 0 Å². The first-order chi connectivity index (χ1) is 18.3. The Kier molecular flexibility index (Phi) is 7.02. The van der Waals surface area contributed by atoms with E-state index in [0.29, 0.717) is 35.2 Å². The van der Waals surface area contributed by atoms with Gasteiger partial charge in [0.25, 0.3) is 5.91 Å². The van der Waals surface area contributed by atoms with Gasteiger partial charge in [-0.15, -0.1) is 0 Å². The van der Waals surface area contributed by atoms with Crippen molar-refractivity contribution in [2.24, 2.45) is 5.73 Å². The number of carbonyl (C=O) groups is 1. The number of hydrogen-bond acceptors (Lipinski definition) is 7. The van der Waals surface area contributed by atoms with Crippen molar-refractivity contribution >= 4 is 11.6 Å². The van der Waals surface area contributed by atoms with Crippen molar-refractivity contribution in [3.63, 3.8) is 0 Å². The van der Waals surface area contributed by atoms with E-state index < -0.39 is 5.91 Å². The number of aryl methyl sites for hydroxylation is 2. The Morgan fingerprint density at radius 3 is 2.42 bits per heavy atom. The van der Waals surface area contributed by atoms with E-state index in [1.807, 2.05) is 62.5 Å². The molecule has 0 spiro atoms. The van der Waals surface area contributed by atoms with E-state index in [0.717, 1.165) is 47.7 Å². The van der Waals surface area contributed by atoms with E-state index in [9.17, 15) is 4.79 Å². The van der Waals surface area contributed by atoms with Crippen LogP contribution in [0.15, 0.2) is 61.1 Å². The quantitative estimate of drug-likeness (QED) is 0.360. The summed E-state index contributed by atoms with van der Waals surface area (Å²) in [4.78, 5) is 23.0. The molecule has 4 aromatic rings. The Morgan fingerprint density at radius 1 is 1.05 bits per heavy atom. The van der Waals surface area contributed by atoms with E-state index in [4.69, 9.17) is 20.9 Å². The van der Waals surface area contributed by atoms with Crippen molar-refractivity contribution in [2.75, 3.05) is 25.9 Å². The molecule has 1 aliphatic rings. The molecule has 9 nitrogen and oxygen atoms in total. The molecule has 9 heteroatoms. The maximum atomic E-state index is 12.3. The zero-order valence-electron chi connectivity index (χ0n) is 21.8.